The van der Waals surface area contributed by atoms with Crippen LogP contribution in [0.2, 0.25) is 0 Å². The van der Waals surface area contributed by atoms with E-state index in [2.05, 4.69) is 36.1 Å². The Balaban J connectivity index is 1.87. The van der Waals surface area contributed by atoms with Crippen LogP contribution >= 0.6 is 11.3 Å². The van der Waals surface area contributed by atoms with E-state index in [0.717, 1.165) is 40.6 Å². The zero-order chi connectivity index (χ0) is 14.5. The van der Waals surface area contributed by atoms with Crippen LogP contribution in [0.4, 0.5) is 5.13 Å². The first-order chi connectivity index (χ1) is 9.60. The van der Waals surface area contributed by atoms with Crippen LogP contribution in [0.25, 0.3) is 10.2 Å². The fourth-order valence-electron chi connectivity index (χ4n) is 1.89. The third kappa shape index (κ3) is 3.84. The second-order valence-corrected chi connectivity index (χ2v) is 6.24. The molecule has 0 amide bonds. The summed E-state index contributed by atoms with van der Waals surface area (Å²) in [6.07, 6.45) is 1.12. The summed E-state index contributed by atoms with van der Waals surface area (Å²) >= 11 is 1.68. The second-order valence-electron chi connectivity index (χ2n) is 5.21. The standard InChI is InChI=1S/C15H23N3OS/c1-11(2)18(3)9-5-8-16-15-17-13-7-6-12(19-4)10-14(13)20-15/h6-7,10-11H,5,8-9H2,1-4H3,(H,16,17). The first-order valence-corrected chi connectivity index (χ1v) is 7.80. The molecule has 0 fully saturated rings. The molecule has 0 unspecified atom stereocenters. The van der Waals surface area contributed by atoms with E-state index in [9.17, 15) is 0 Å². The van der Waals surface area contributed by atoms with Crippen molar-refractivity contribution in [1.29, 1.82) is 0 Å². The minimum absolute atomic E-state index is 0.602. The SMILES string of the molecule is COc1ccc2nc(NCCCN(C)C(C)C)sc2c1. The molecular weight excluding hydrogens is 270 g/mol. The molecule has 2 rings (SSSR count). The van der Waals surface area contributed by atoms with Crippen molar-refractivity contribution in [2.45, 2.75) is 26.3 Å². The van der Waals surface area contributed by atoms with Crippen LogP contribution in [-0.4, -0.2) is 43.2 Å². The van der Waals surface area contributed by atoms with Gasteiger partial charge in [-0.1, -0.05) is 11.3 Å². The molecule has 20 heavy (non-hydrogen) atoms. The molecule has 0 radical (unpaired) electrons. The summed E-state index contributed by atoms with van der Waals surface area (Å²) in [4.78, 5) is 6.93. The molecule has 5 heteroatoms. The van der Waals surface area contributed by atoms with Crippen molar-refractivity contribution < 1.29 is 4.74 Å². The second kappa shape index (κ2) is 6.90. The van der Waals surface area contributed by atoms with E-state index in [4.69, 9.17) is 4.74 Å². The Morgan fingerprint density at radius 1 is 1.40 bits per heavy atom. The zero-order valence-electron chi connectivity index (χ0n) is 12.6. The quantitative estimate of drug-likeness (QED) is 0.793. The van der Waals surface area contributed by atoms with Crippen LogP contribution in [0.15, 0.2) is 18.2 Å². The normalized spacial score (nSPS) is 11.5. The first-order valence-electron chi connectivity index (χ1n) is 6.99. The van der Waals surface area contributed by atoms with Crippen LogP contribution in [0.3, 0.4) is 0 Å². The highest BCUT2D eigenvalue weighted by Gasteiger charge is 2.05. The molecule has 0 aliphatic heterocycles. The number of fused-ring (bicyclic) bond motifs is 1. The van der Waals surface area contributed by atoms with Crippen LogP contribution in [0, 0.1) is 0 Å². The van der Waals surface area contributed by atoms with Gasteiger partial charge in [-0.05, 0) is 52.1 Å². The van der Waals surface area contributed by atoms with E-state index in [1.807, 2.05) is 18.2 Å². The van der Waals surface area contributed by atoms with E-state index in [1.54, 1.807) is 18.4 Å². The highest BCUT2D eigenvalue weighted by molar-refractivity contribution is 7.22. The molecule has 4 nitrogen and oxygen atoms in total. The summed E-state index contributed by atoms with van der Waals surface area (Å²) in [5, 5.41) is 4.39. The minimum Gasteiger partial charge on any atom is -0.497 e. The molecule has 0 spiro atoms. The Morgan fingerprint density at radius 2 is 2.20 bits per heavy atom. The molecule has 0 aliphatic carbocycles. The lowest BCUT2D eigenvalue weighted by Crippen LogP contribution is -2.28. The molecule has 1 heterocycles. The third-order valence-electron chi connectivity index (χ3n) is 3.44. The molecular formula is C15H23N3OS. The number of rotatable bonds is 7. The van der Waals surface area contributed by atoms with Crippen LogP contribution in [0.5, 0.6) is 5.75 Å². The van der Waals surface area contributed by atoms with Crippen molar-refractivity contribution >= 4 is 26.7 Å². The summed E-state index contributed by atoms with van der Waals surface area (Å²) in [6.45, 7) is 6.49. The van der Waals surface area contributed by atoms with Crippen molar-refractivity contribution in [3.8, 4) is 5.75 Å². The van der Waals surface area contributed by atoms with Crippen LogP contribution in [0.1, 0.15) is 20.3 Å². The van der Waals surface area contributed by atoms with Gasteiger partial charge in [0.25, 0.3) is 0 Å². The molecule has 0 aliphatic rings. The van der Waals surface area contributed by atoms with Crippen molar-refractivity contribution in [3.05, 3.63) is 18.2 Å². The first kappa shape index (κ1) is 15.1. The number of hydrogen-bond donors (Lipinski definition) is 1. The number of nitrogens with one attached hydrogen (secondary N) is 1. The van der Waals surface area contributed by atoms with Crippen molar-refractivity contribution in [1.82, 2.24) is 9.88 Å². The van der Waals surface area contributed by atoms with E-state index >= 15 is 0 Å². The smallest absolute Gasteiger partial charge is 0.183 e. The molecule has 0 bridgehead atoms. The van der Waals surface area contributed by atoms with Crippen molar-refractivity contribution in [3.63, 3.8) is 0 Å². The number of methoxy groups -OCH3 is 1. The van der Waals surface area contributed by atoms with Gasteiger partial charge in [0.15, 0.2) is 5.13 Å². The van der Waals surface area contributed by atoms with Gasteiger partial charge in [0.1, 0.15) is 5.75 Å². The summed E-state index contributed by atoms with van der Waals surface area (Å²) in [6, 6.07) is 6.58. The van der Waals surface area contributed by atoms with Crippen LogP contribution in [-0.2, 0) is 0 Å². The van der Waals surface area contributed by atoms with Gasteiger partial charge in [-0.25, -0.2) is 4.98 Å². The molecule has 0 saturated heterocycles. The maximum absolute atomic E-state index is 5.23. The van der Waals surface area contributed by atoms with Gasteiger partial charge in [-0.2, -0.15) is 0 Å². The predicted octanol–water partition coefficient (Wildman–Crippen LogP) is 3.45. The maximum atomic E-state index is 5.23. The zero-order valence-corrected chi connectivity index (χ0v) is 13.5. The average molecular weight is 293 g/mol. The van der Waals surface area contributed by atoms with E-state index < -0.39 is 0 Å². The van der Waals surface area contributed by atoms with Gasteiger partial charge >= 0.3 is 0 Å². The molecule has 1 aromatic carbocycles. The highest BCUT2D eigenvalue weighted by Crippen LogP contribution is 2.28. The lowest BCUT2D eigenvalue weighted by molar-refractivity contribution is 0.273. The van der Waals surface area contributed by atoms with Gasteiger partial charge in [-0.15, -0.1) is 0 Å². The van der Waals surface area contributed by atoms with E-state index in [-0.39, 0.29) is 0 Å². The lowest BCUT2D eigenvalue weighted by atomic mass is 10.3. The predicted molar refractivity (Wildman–Crippen MR) is 87.0 cm³/mol. The van der Waals surface area contributed by atoms with Gasteiger partial charge in [0.05, 0.1) is 17.3 Å². The minimum atomic E-state index is 0.602. The number of nitrogens with zero attached hydrogens (tertiary/aromatic N) is 2. The molecule has 2 aromatic rings. The number of benzene rings is 1. The third-order valence-corrected chi connectivity index (χ3v) is 4.42. The Morgan fingerprint density at radius 3 is 2.90 bits per heavy atom. The van der Waals surface area contributed by atoms with Crippen LogP contribution < -0.4 is 10.1 Å². The number of anilines is 1. The summed E-state index contributed by atoms with van der Waals surface area (Å²) in [5.74, 6) is 0.881. The van der Waals surface area contributed by atoms with E-state index in [1.165, 1.54) is 0 Å². The lowest BCUT2D eigenvalue weighted by Gasteiger charge is -2.20. The van der Waals surface area contributed by atoms with Gasteiger partial charge in [0.2, 0.25) is 0 Å². The van der Waals surface area contributed by atoms with E-state index in [0.29, 0.717) is 6.04 Å². The topological polar surface area (TPSA) is 37.4 Å². The molecule has 1 aromatic heterocycles. The molecule has 110 valence electrons. The fourth-order valence-corrected chi connectivity index (χ4v) is 2.81. The Bertz CT molecular complexity index is 553. The number of aromatic nitrogens is 1. The fraction of sp³-hybridized carbons (Fsp3) is 0.533. The monoisotopic (exact) mass is 293 g/mol. The van der Waals surface area contributed by atoms with Gasteiger partial charge < -0.3 is 15.0 Å². The highest BCUT2D eigenvalue weighted by atomic mass is 32.1. The Kier molecular flexibility index (Phi) is 5.20. The Labute approximate surface area is 124 Å². The molecule has 0 atom stereocenters. The molecule has 0 saturated carbocycles. The van der Waals surface area contributed by atoms with Crippen molar-refractivity contribution in [2.24, 2.45) is 0 Å². The van der Waals surface area contributed by atoms with Gasteiger partial charge in [0, 0.05) is 12.6 Å². The largest absolute Gasteiger partial charge is 0.497 e. The number of hydrogen-bond acceptors (Lipinski definition) is 5. The Hall–Kier alpha value is -1.33. The average Bonchev–Trinajstić information content (AvgIpc) is 2.84. The number of ether oxygens (including phenoxy) is 1. The summed E-state index contributed by atoms with van der Waals surface area (Å²) in [7, 11) is 3.85. The van der Waals surface area contributed by atoms with Crippen molar-refractivity contribution in [2.75, 3.05) is 32.6 Å². The summed E-state index contributed by atoms with van der Waals surface area (Å²) < 4.78 is 6.39. The summed E-state index contributed by atoms with van der Waals surface area (Å²) in [5.41, 5.74) is 1.03. The maximum Gasteiger partial charge on any atom is 0.183 e. The van der Waals surface area contributed by atoms with Gasteiger partial charge in [-0.3, -0.25) is 0 Å². The molecule has 1 N–H and O–H groups in total. The number of thiazole rings is 1.